The van der Waals surface area contributed by atoms with Crippen molar-refractivity contribution in [2.24, 2.45) is 5.10 Å². The largest absolute Gasteiger partial charge is 0.509 e. The molecule has 0 amide bonds. The molecule has 6 nitrogen and oxygen atoms in total. The summed E-state index contributed by atoms with van der Waals surface area (Å²) < 4.78 is 14.2. The first-order valence-electron chi connectivity index (χ1n) is 4.00. The number of hydrazone groups is 1. The Bertz CT molecular complexity index is 287. The number of ether oxygens (including phenoxy) is 3. The van der Waals surface area contributed by atoms with E-state index >= 15 is 0 Å². The van der Waals surface area contributed by atoms with Crippen molar-refractivity contribution in [1.82, 2.24) is 5.01 Å². The fourth-order valence-corrected chi connectivity index (χ4v) is 0.967. The average Bonchev–Trinajstić information content (AvgIpc) is 2.45. The van der Waals surface area contributed by atoms with E-state index < -0.39 is 12.4 Å². The van der Waals surface area contributed by atoms with Gasteiger partial charge in [0.25, 0.3) is 0 Å². The number of methoxy groups -OCH3 is 1. The van der Waals surface area contributed by atoms with E-state index in [0.717, 1.165) is 0 Å². The maximum absolute atomic E-state index is 10.8. The molecule has 1 rings (SSSR count). The summed E-state index contributed by atoms with van der Waals surface area (Å²) in [6.07, 6.45) is -1.38. The van der Waals surface area contributed by atoms with Crippen LogP contribution < -0.4 is 0 Å². The van der Waals surface area contributed by atoms with Gasteiger partial charge in [0.15, 0.2) is 6.23 Å². The van der Waals surface area contributed by atoms with Gasteiger partial charge in [0, 0.05) is 6.92 Å². The maximum Gasteiger partial charge on any atom is 0.509 e. The lowest BCUT2D eigenvalue weighted by atomic mass is 10.6. The van der Waals surface area contributed by atoms with Crippen molar-refractivity contribution in [2.75, 3.05) is 7.11 Å². The second-order valence-corrected chi connectivity index (χ2v) is 2.63. The number of hydrogen-bond donors (Lipinski definition) is 0. The quantitative estimate of drug-likeness (QED) is 0.628. The molecule has 0 N–H and O–H groups in total. The summed E-state index contributed by atoms with van der Waals surface area (Å²) >= 11 is 0. The molecule has 0 bridgehead atoms. The molecule has 0 fully saturated rings. The lowest BCUT2D eigenvalue weighted by molar-refractivity contribution is -0.0234. The van der Waals surface area contributed by atoms with Crippen LogP contribution in [0.15, 0.2) is 17.6 Å². The Labute approximate surface area is 81.7 Å². The Morgan fingerprint density at radius 3 is 2.79 bits per heavy atom. The Morgan fingerprint density at radius 1 is 1.71 bits per heavy atom. The normalized spacial score (nSPS) is 17.2. The molecule has 1 unspecified atom stereocenters. The molecule has 0 aliphatic carbocycles. The summed E-state index contributed by atoms with van der Waals surface area (Å²) in [4.78, 5) is 10.8. The molecule has 0 radical (unpaired) electrons. The molecule has 0 saturated carbocycles. The van der Waals surface area contributed by atoms with Gasteiger partial charge in [-0.2, -0.15) is 5.01 Å². The Balaban J connectivity index is 2.57. The fraction of sp³-hybridized carbons (Fsp3) is 0.500. The molecule has 78 valence electrons. The van der Waals surface area contributed by atoms with E-state index in [1.807, 2.05) is 0 Å². The molecule has 1 aliphatic rings. The third kappa shape index (κ3) is 2.15. The van der Waals surface area contributed by atoms with Crippen LogP contribution in [0.25, 0.3) is 0 Å². The van der Waals surface area contributed by atoms with Crippen molar-refractivity contribution in [3.8, 4) is 0 Å². The highest BCUT2D eigenvalue weighted by molar-refractivity contribution is 5.75. The SMILES string of the molecule is C=C1OC(C)=NN1C(C)OC(=O)OC. The van der Waals surface area contributed by atoms with Gasteiger partial charge in [-0.15, -0.1) is 5.10 Å². The molecule has 1 heterocycles. The number of carbonyl (C=O) groups excluding carboxylic acids is 1. The molecule has 1 atom stereocenters. The van der Waals surface area contributed by atoms with Gasteiger partial charge in [0.1, 0.15) is 0 Å². The second-order valence-electron chi connectivity index (χ2n) is 2.63. The second kappa shape index (κ2) is 3.99. The van der Waals surface area contributed by atoms with E-state index in [9.17, 15) is 4.79 Å². The molecule has 0 aromatic heterocycles. The van der Waals surface area contributed by atoms with Crippen molar-refractivity contribution in [1.29, 1.82) is 0 Å². The van der Waals surface area contributed by atoms with Gasteiger partial charge in [-0.1, -0.05) is 0 Å². The minimum Gasteiger partial charge on any atom is -0.438 e. The topological polar surface area (TPSA) is 60.4 Å². The van der Waals surface area contributed by atoms with Gasteiger partial charge in [-0.05, 0) is 13.5 Å². The minimum absolute atomic E-state index is 0.318. The highest BCUT2D eigenvalue weighted by atomic mass is 16.7. The third-order valence-corrected chi connectivity index (χ3v) is 1.55. The van der Waals surface area contributed by atoms with Crippen molar-refractivity contribution in [3.63, 3.8) is 0 Å². The zero-order valence-corrected chi connectivity index (χ0v) is 8.31. The van der Waals surface area contributed by atoms with Gasteiger partial charge in [-0.3, -0.25) is 0 Å². The van der Waals surface area contributed by atoms with Crippen LogP contribution in [-0.4, -0.2) is 30.4 Å². The highest BCUT2D eigenvalue weighted by Crippen LogP contribution is 2.18. The predicted octanol–water partition coefficient (Wildman–Crippen LogP) is 1.25. The first-order chi connectivity index (χ1) is 6.54. The van der Waals surface area contributed by atoms with Crippen molar-refractivity contribution in [2.45, 2.75) is 20.1 Å². The van der Waals surface area contributed by atoms with Gasteiger partial charge < -0.3 is 14.2 Å². The summed E-state index contributed by atoms with van der Waals surface area (Å²) in [6.45, 7) is 6.91. The van der Waals surface area contributed by atoms with Crippen LogP contribution in [0.4, 0.5) is 4.79 Å². The van der Waals surface area contributed by atoms with Crippen molar-refractivity contribution in [3.05, 3.63) is 12.5 Å². The summed E-state index contributed by atoms with van der Waals surface area (Å²) in [5.41, 5.74) is 0. The van der Waals surface area contributed by atoms with Crippen LogP contribution in [0.5, 0.6) is 0 Å². The number of hydrogen-bond acceptors (Lipinski definition) is 6. The van der Waals surface area contributed by atoms with Crippen LogP contribution in [-0.2, 0) is 14.2 Å². The Hall–Kier alpha value is -1.72. The van der Waals surface area contributed by atoms with Gasteiger partial charge in [0.2, 0.25) is 11.8 Å². The van der Waals surface area contributed by atoms with E-state index in [4.69, 9.17) is 9.47 Å². The van der Waals surface area contributed by atoms with E-state index in [-0.39, 0.29) is 0 Å². The van der Waals surface area contributed by atoms with Crippen LogP contribution in [0.2, 0.25) is 0 Å². The van der Waals surface area contributed by atoms with E-state index in [1.165, 1.54) is 12.1 Å². The Kier molecular flexibility index (Phi) is 2.95. The van der Waals surface area contributed by atoms with E-state index in [2.05, 4.69) is 16.4 Å². The standard InChI is InChI=1S/C8H12N2O4/c1-5-9-10(6(2)13-5)7(3)14-8(11)12-4/h7H,2H2,1,3-4H3. The van der Waals surface area contributed by atoms with E-state index in [1.54, 1.807) is 13.8 Å². The van der Waals surface area contributed by atoms with Crippen molar-refractivity contribution < 1.29 is 19.0 Å². The molecule has 0 aromatic rings. The van der Waals surface area contributed by atoms with Gasteiger partial charge in [0.05, 0.1) is 7.11 Å². The molecule has 6 heteroatoms. The van der Waals surface area contributed by atoms with Gasteiger partial charge >= 0.3 is 6.16 Å². The van der Waals surface area contributed by atoms with Crippen LogP contribution in [0, 0.1) is 0 Å². The monoisotopic (exact) mass is 200 g/mol. The van der Waals surface area contributed by atoms with Crippen molar-refractivity contribution >= 4 is 12.1 Å². The molecule has 0 saturated heterocycles. The van der Waals surface area contributed by atoms with Crippen LogP contribution >= 0.6 is 0 Å². The smallest absolute Gasteiger partial charge is 0.438 e. The Morgan fingerprint density at radius 2 is 2.36 bits per heavy atom. The molecule has 14 heavy (non-hydrogen) atoms. The predicted molar refractivity (Wildman–Crippen MR) is 48.1 cm³/mol. The maximum atomic E-state index is 10.8. The highest BCUT2D eigenvalue weighted by Gasteiger charge is 2.25. The molecule has 0 spiro atoms. The molecular weight excluding hydrogens is 188 g/mol. The van der Waals surface area contributed by atoms with Crippen LogP contribution in [0.1, 0.15) is 13.8 Å². The lowest BCUT2D eigenvalue weighted by Gasteiger charge is -2.20. The van der Waals surface area contributed by atoms with Crippen LogP contribution in [0.3, 0.4) is 0 Å². The van der Waals surface area contributed by atoms with E-state index in [0.29, 0.717) is 11.8 Å². The summed E-state index contributed by atoms with van der Waals surface area (Å²) in [5.74, 6) is 0.772. The molecule has 1 aliphatic heterocycles. The molecule has 0 aromatic carbocycles. The number of nitrogens with zero attached hydrogens (tertiary/aromatic N) is 2. The first kappa shape index (κ1) is 10.4. The number of carbonyl (C=O) groups is 1. The molecular formula is C8H12N2O4. The third-order valence-electron chi connectivity index (χ3n) is 1.55. The minimum atomic E-state index is -0.773. The average molecular weight is 200 g/mol. The zero-order chi connectivity index (χ0) is 10.7. The summed E-state index contributed by atoms with van der Waals surface area (Å²) in [5, 5.41) is 5.31. The summed E-state index contributed by atoms with van der Waals surface area (Å²) in [6, 6.07) is 0. The summed E-state index contributed by atoms with van der Waals surface area (Å²) in [7, 11) is 1.23. The first-order valence-corrected chi connectivity index (χ1v) is 4.00. The fourth-order valence-electron chi connectivity index (χ4n) is 0.967. The van der Waals surface area contributed by atoms with Gasteiger partial charge in [-0.25, -0.2) is 4.79 Å². The number of rotatable bonds is 2. The lowest BCUT2D eigenvalue weighted by Crippen LogP contribution is -2.29. The zero-order valence-electron chi connectivity index (χ0n) is 8.31.